The lowest BCUT2D eigenvalue weighted by Gasteiger charge is -2.21. The first-order chi connectivity index (χ1) is 10.5. The van der Waals surface area contributed by atoms with Crippen molar-refractivity contribution in [1.82, 2.24) is 10.3 Å². The van der Waals surface area contributed by atoms with Crippen molar-refractivity contribution in [3.8, 4) is 0 Å². The summed E-state index contributed by atoms with van der Waals surface area (Å²) in [7, 11) is 0. The maximum atomic E-state index is 12.4. The van der Waals surface area contributed by atoms with E-state index in [1.54, 1.807) is 20.8 Å². The van der Waals surface area contributed by atoms with Gasteiger partial charge in [0, 0.05) is 12.2 Å². The third-order valence-corrected chi connectivity index (χ3v) is 4.42. The third-order valence-electron chi connectivity index (χ3n) is 4.42. The number of amides is 1. The van der Waals surface area contributed by atoms with Crippen molar-refractivity contribution in [3.05, 3.63) is 22.5 Å². The van der Waals surface area contributed by atoms with E-state index in [1.165, 1.54) is 32.1 Å². The zero-order chi connectivity index (χ0) is 16.1. The topological polar surface area (TPSA) is 71.2 Å². The number of carbonyl (C=O) groups is 2. The molecule has 0 saturated heterocycles. The van der Waals surface area contributed by atoms with E-state index in [4.69, 9.17) is 4.74 Å². The summed E-state index contributed by atoms with van der Waals surface area (Å²) >= 11 is 0. The molecule has 1 aromatic heterocycles. The fourth-order valence-corrected chi connectivity index (χ4v) is 3.20. The Morgan fingerprint density at radius 2 is 1.91 bits per heavy atom. The van der Waals surface area contributed by atoms with Gasteiger partial charge in [0.15, 0.2) is 0 Å². The quantitative estimate of drug-likeness (QED) is 0.821. The molecule has 0 spiro atoms. The number of aromatic amines is 1. The molecule has 1 aliphatic rings. The normalized spacial score (nSPS) is 15.6. The van der Waals surface area contributed by atoms with Crippen LogP contribution in [-0.4, -0.2) is 30.0 Å². The van der Waals surface area contributed by atoms with Crippen molar-refractivity contribution < 1.29 is 14.3 Å². The van der Waals surface area contributed by atoms with Crippen LogP contribution >= 0.6 is 0 Å². The molecular formula is C17H26N2O3. The van der Waals surface area contributed by atoms with Crippen LogP contribution in [0.1, 0.15) is 71.1 Å². The largest absolute Gasteiger partial charge is 0.462 e. The number of aryl methyl sites for hydroxylation is 1. The van der Waals surface area contributed by atoms with E-state index in [1.807, 2.05) is 0 Å². The Morgan fingerprint density at radius 3 is 2.55 bits per heavy atom. The number of esters is 1. The molecule has 0 atom stereocenters. The Bertz CT molecular complexity index is 542. The van der Waals surface area contributed by atoms with Gasteiger partial charge in [-0.15, -0.1) is 0 Å². The van der Waals surface area contributed by atoms with Crippen LogP contribution in [0.15, 0.2) is 0 Å². The van der Waals surface area contributed by atoms with Gasteiger partial charge in [-0.25, -0.2) is 4.79 Å². The number of hydrogen-bond acceptors (Lipinski definition) is 3. The van der Waals surface area contributed by atoms with Crippen molar-refractivity contribution in [3.63, 3.8) is 0 Å². The van der Waals surface area contributed by atoms with Crippen molar-refractivity contribution in [2.75, 3.05) is 13.2 Å². The second-order valence-electron chi connectivity index (χ2n) is 6.06. The fraction of sp³-hybridized carbons (Fsp3) is 0.647. The molecule has 1 heterocycles. The molecule has 122 valence electrons. The van der Waals surface area contributed by atoms with Crippen LogP contribution in [0, 0.1) is 19.8 Å². The summed E-state index contributed by atoms with van der Waals surface area (Å²) < 4.78 is 5.05. The molecule has 0 aliphatic heterocycles. The summed E-state index contributed by atoms with van der Waals surface area (Å²) in [5, 5.41) is 3.00. The number of aromatic nitrogens is 1. The van der Waals surface area contributed by atoms with Crippen molar-refractivity contribution >= 4 is 11.9 Å². The standard InChI is InChI=1S/C17H26N2O3/c1-4-22-17(21)14-11(2)15(19-12(14)3)16(20)18-10-13-8-6-5-7-9-13/h13,19H,4-10H2,1-3H3,(H,18,20). The minimum atomic E-state index is -0.375. The first kappa shape index (κ1) is 16.6. The van der Waals surface area contributed by atoms with Gasteiger partial charge in [0.05, 0.1) is 12.2 Å². The molecule has 1 aromatic rings. The van der Waals surface area contributed by atoms with Crippen molar-refractivity contribution in [2.24, 2.45) is 5.92 Å². The van der Waals surface area contributed by atoms with Gasteiger partial charge in [-0.2, -0.15) is 0 Å². The number of nitrogens with one attached hydrogen (secondary N) is 2. The highest BCUT2D eigenvalue weighted by atomic mass is 16.5. The van der Waals surface area contributed by atoms with Gasteiger partial charge in [0.2, 0.25) is 0 Å². The van der Waals surface area contributed by atoms with Gasteiger partial charge in [-0.1, -0.05) is 19.3 Å². The van der Waals surface area contributed by atoms with E-state index in [9.17, 15) is 9.59 Å². The zero-order valence-electron chi connectivity index (χ0n) is 13.8. The average Bonchev–Trinajstić information content (AvgIpc) is 2.81. The molecule has 1 amide bonds. The Morgan fingerprint density at radius 1 is 1.23 bits per heavy atom. The fourth-order valence-electron chi connectivity index (χ4n) is 3.20. The lowest BCUT2D eigenvalue weighted by atomic mass is 9.89. The Hall–Kier alpha value is -1.78. The number of H-pyrrole nitrogens is 1. The van der Waals surface area contributed by atoms with Crippen molar-refractivity contribution in [1.29, 1.82) is 0 Å². The maximum absolute atomic E-state index is 12.4. The molecule has 5 nitrogen and oxygen atoms in total. The Kier molecular flexibility index (Phi) is 5.63. The Labute approximate surface area is 131 Å². The van der Waals surface area contributed by atoms with Gasteiger partial charge >= 0.3 is 5.97 Å². The minimum absolute atomic E-state index is 0.137. The summed E-state index contributed by atoms with van der Waals surface area (Å²) in [4.78, 5) is 27.3. The highest BCUT2D eigenvalue weighted by molar-refractivity contribution is 6.00. The van der Waals surface area contributed by atoms with E-state index in [0.29, 0.717) is 41.6 Å². The van der Waals surface area contributed by atoms with Gasteiger partial charge in [-0.3, -0.25) is 4.79 Å². The second kappa shape index (κ2) is 7.47. The molecule has 0 bridgehead atoms. The molecular weight excluding hydrogens is 280 g/mol. The van der Waals surface area contributed by atoms with Crippen LogP contribution in [0.2, 0.25) is 0 Å². The molecule has 2 N–H and O–H groups in total. The predicted molar refractivity (Wildman–Crippen MR) is 85.1 cm³/mol. The second-order valence-corrected chi connectivity index (χ2v) is 6.06. The van der Waals surface area contributed by atoms with Gasteiger partial charge in [0.1, 0.15) is 5.69 Å². The van der Waals surface area contributed by atoms with Crippen LogP contribution in [-0.2, 0) is 4.74 Å². The zero-order valence-corrected chi connectivity index (χ0v) is 13.8. The molecule has 5 heteroatoms. The highest BCUT2D eigenvalue weighted by Crippen LogP contribution is 2.23. The molecule has 0 aromatic carbocycles. The minimum Gasteiger partial charge on any atom is -0.462 e. The molecule has 22 heavy (non-hydrogen) atoms. The molecule has 1 saturated carbocycles. The summed E-state index contributed by atoms with van der Waals surface area (Å²) in [6.45, 7) is 6.38. The van der Waals surface area contributed by atoms with Gasteiger partial charge in [-0.05, 0) is 45.1 Å². The van der Waals surface area contributed by atoms with Gasteiger partial charge in [0.25, 0.3) is 5.91 Å². The molecule has 1 fully saturated rings. The number of ether oxygens (including phenoxy) is 1. The highest BCUT2D eigenvalue weighted by Gasteiger charge is 2.23. The molecule has 0 unspecified atom stereocenters. The summed E-state index contributed by atoms with van der Waals surface area (Å²) in [6.07, 6.45) is 6.21. The summed E-state index contributed by atoms with van der Waals surface area (Å²) in [6, 6.07) is 0. The lowest BCUT2D eigenvalue weighted by molar-refractivity contribution is 0.0525. The van der Waals surface area contributed by atoms with E-state index in [0.717, 1.165) is 0 Å². The molecule has 0 radical (unpaired) electrons. The van der Waals surface area contributed by atoms with Crippen LogP contribution in [0.4, 0.5) is 0 Å². The van der Waals surface area contributed by atoms with Crippen molar-refractivity contribution in [2.45, 2.75) is 52.9 Å². The average molecular weight is 306 g/mol. The molecule has 1 aliphatic carbocycles. The first-order valence-electron chi connectivity index (χ1n) is 8.19. The SMILES string of the molecule is CCOC(=O)c1c(C)[nH]c(C(=O)NCC2CCCCC2)c1C. The summed E-state index contributed by atoms with van der Waals surface area (Å²) in [5.41, 5.74) is 2.29. The maximum Gasteiger partial charge on any atom is 0.340 e. The lowest BCUT2D eigenvalue weighted by Crippen LogP contribution is -2.30. The van der Waals surface area contributed by atoms with Crippen LogP contribution in [0.5, 0.6) is 0 Å². The third kappa shape index (κ3) is 3.70. The van der Waals surface area contributed by atoms with Crippen LogP contribution in [0.25, 0.3) is 0 Å². The molecule has 2 rings (SSSR count). The predicted octanol–water partition coefficient (Wildman–Crippen LogP) is 3.12. The number of rotatable bonds is 5. The smallest absolute Gasteiger partial charge is 0.340 e. The number of hydrogen-bond donors (Lipinski definition) is 2. The first-order valence-corrected chi connectivity index (χ1v) is 8.19. The monoisotopic (exact) mass is 306 g/mol. The van der Waals surface area contributed by atoms with Crippen LogP contribution in [0.3, 0.4) is 0 Å². The van der Waals surface area contributed by atoms with E-state index < -0.39 is 0 Å². The van der Waals surface area contributed by atoms with E-state index in [2.05, 4.69) is 10.3 Å². The number of carbonyl (C=O) groups excluding carboxylic acids is 2. The van der Waals surface area contributed by atoms with E-state index >= 15 is 0 Å². The summed E-state index contributed by atoms with van der Waals surface area (Å²) in [5.74, 6) is 0.0698. The van der Waals surface area contributed by atoms with Gasteiger partial charge < -0.3 is 15.0 Å². The Balaban J connectivity index is 2.03. The van der Waals surface area contributed by atoms with Crippen LogP contribution < -0.4 is 5.32 Å². The van der Waals surface area contributed by atoms with E-state index in [-0.39, 0.29) is 11.9 Å².